The predicted octanol–water partition coefficient (Wildman–Crippen LogP) is 3.63. The van der Waals surface area contributed by atoms with Crippen molar-refractivity contribution in [2.75, 3.05) is 11.4 Å². The topological polar surface area (TPSA) is 57.6 Å². The van der Waals surface area contributed by atoms with Gasteiger partial charge >= 0.3 is 0 Å². The minimum absolute atomic E-state index is 0.254. The fourth-order valence-electron chi connectivity index (χ4n) is 3.37. The molecule has 1 heterocycles. The van der Waals surface area contributed by atoms with Crippen LogP contribution in [0.4, 0.5) is 5.69 Å². The highest BCUT2D eigenvalue weighted by Crippen LogP contribution is 2.43. The Bertz CT molecular complexity index is 869. The Labute approximate surface area is 153 Å². The van der Waals surface area contributed by atoms with Crippen molar-refractivity contribution in [2.24, 2.45) is 0 Å². The average Bonchev–Trinajstić information content (AvgIpc) is 2.84. The van der Waals surface area contributed by atoms with Crippen molar-refractivity contribution < 1.29 is 14.7 Å². The molecule has 0 saturated heterocycles. The van der Waals surface area contributed by atoms with E-state index in [0.29, 0.717) is 23.4 Å². The zero-order valence-electron chi connectivity index (χ0n) is 15.2. The third-order valence-electron chi connectivity index (χ3n) is 4.77. The highest BCUT2D eigenvalue weighted by atomic mass is 16.3. The quantitative estimate of drug-likeness (QED) is 0.640. The summed E-state index contributed by atoms with van der Waals surface area (Å²) in [4.78, 5) is 27.2. The molecule has 0 aliphatic carbocycles. The molecule has 0 unspecified atom stereocenters. The number of para-hydroxylation sites is 1. The second kappa shape index (κ2) is 6.89. The van der Waals surface area contributed by atoms with E-state index in [2.05, 4.69) is 6.58 Å². The first-order chi connectivity index (χ1) is 12.4. The zero-order chi connectivity index (χ0) is 18.9. The van der Waals surface area contributed by atoms with Gasteiger partial charge in [0.05, 0.1) is 12.1 Å². The molecule has 0 aromatic heterocycles. The summed E-state index contributed by atoms with van der Waals surface area (Å²) in [5, 5.41) is 11.2. The number of hydrogen-bond acceptors (Lipinski definition) is 3. The molecule has 0 spiro atoms. The minimum Gasteiger partial charge on any atom is -0.375 e. The van der Waals surface area contributed by atoms with Crippen LogP contribution in [0, 0.1) is 0 Å². The Morgan fingerprint density at radius 2 is 1.81 bits per heavy atom. The second-order valence-electron chi connectivity index (χ2n) is 6.88. The molecular weight excluding hydrogens is 326 g/mol. The molecule has 1 N–H and O–H groups in total. The summed E-state index contributed by atoms with van der Waals surface area (Å²) in [5.74, 6) is -0.726. The number of aryl methyl sites for hydroxylation is 1. The monoisotopic (exact) mass is 349 g/mol. The van der Waals surface area contributed by atoms with Crippen molar-refractivity contribution in [2.45, 2.75) is 32.3 Å². The van der Waals surface area contributed by atoms with E-state index in [9.17, 15) is 14.7 Å². The summed E-state index contributed by atoms with van der Waals surface area (Å²) in [5.41, 5.74) is 1.71. The van der Waals surface area contributed by atoms with Crippen LogP contribution in [0.1, 0.15) is 41.8 Å². The number of hydrogen-bond donors (Lipinski definition) is 1. The predicted molar refractivity (Wildman–Crippen MR) is 102 cm³/mol. The number of carbonyl (C=O) groups is 2. The number of benzene rings is 2. The van der Waals surface area contributed by atoms with Crippen LogP contribution in [-0.2, 0) is 16.8 Å². The van der Waals surface area contributed by atoms with Gasteiger partial charge in [-0.2, -0.15) is 0 Å². The first-order valence-electron chi connectivity index (χ1n) is 8.77. The van der Waals surface area contributed by atoms with Gasteiger partial charge < -0.3 is 10.0 Å². The van der Waals surface area contributed by atoms with Crippen molar-refractivity contribution >= 4 is 17.4 Å². The van der Waals surface area contributed by atoms with E-state index < -0.39 is 11.5 Å². The van der Waals surface area contributed by atoms with E-state index in [-0.39, 0.29) is 12.2 Å². The maximum atomic E-state index is 13.0. The molecule has 1 atom stereocenters. The molecule has 2 aromatic rings. The van der Waals surface area contributed by atoms with Crippen LogP contribution in [-0.4, -0.2) is 23.3 Å². The van der Waals surface area contributed by atoms with Crippen molar-refractivity contribution in [3.05, 3.63) is 77.4 Å². The molecule has 1 aliphatic heterocycles. The van der Waals surface area contributed by atoms with Gasteiger partial charge in [0, 0.05) is 17.7 Å². The van der Waals surface area contributed by atoms with Gasteiger partial charge in [0.25, 0.3) is 5.91 Å². The first-order valence-corrected chi connectivity index (χ1v) is 8.77. The van der Waals surface area contributed by atoms with Crippen molar-refractivity contribution in [1.82, 2.24) is 0 Å². The Morgan fingerprint density at radius 3 is 2.42 bits per heavy atom. The number of carbonyl (C=O) groups excluding carboxylic acids is 2. The van der Waals surface area contributed by atoms with Gasteiger partial charge in [-0.05, 0) is 25.0 Å². The molecule has 4 heteroatoms. The molecule has 4 nitrogen and oxygen atoms in total. The number of aliphatic hydroxyl groups is 1. The number of fused-ring (bicyclic) bond motifs is 1. The molecular formula is C22H23NO3. The van der Waals surface area contributed by atoms with Crippen LogP contribution in [0.15, 0.2) is 60.7 Å². The van der Waals surface area contributed by atoms with Crippen LogP contribution < -0.4 is 4.90 Å². The van der Waals surface area contributed by atoms with Gasteiger partial charge in [-0.3, -0.25) is 9.59 Å². The number of nitrogens with zero attached hydrogens (tertiary/aromatic N) is 1. The lowest BCUT2D eigenvalue weighted by atomic mass is 9.88. The van der Waals surface area contributed by atoms with E-state index in [4.69, 9.17) is 0 Å². The smallest absolute Gasteiger partial charge is 0.264 e. The summed E-state index contributed by atoms with van der Waals surface area (Å²) in [6, 6.07) is 14.4. The van der Waals surface area contributed by atoms with Crippen molar-refractivity contribution in [3.8, 4) is 0 Å². The van der Waals surface area contributed by atoms with E-state index in [1.807, 2.05) is 32.0 Å². The van der Waals surface area contributed by atoms with Crippen LogP contribution in [0.2, 0.25) is 0 Å². The van der Waals surface area contributed by atoms with Crippen LogP contribution in [0.25, 0.3) is 0 Å². The van der Waals surface area contributed by atoms with Crippen LogP contribution >= 0.6 is 0 Å². The molecule has 26 heavy (non-hydrogen) atoms. The Kier molecular flexibility index (Phi) is 4.79. The highest BCUT2D eigenvalue weighted by Gasteiger charge is 2.50. The van der Waals surface area contributed by atoms with E-state index >= 15 is 0 Å². The highest BCUT2D eigenvalue weighted by molar-refractivity contribution is 6.10. The number of Topliss-reactive ketones (excluding diaryl/α,β-unsaturated/α-hetero) is 1. The number of ketones is 1. The minimum atomic E-state index is -1.84. The lowest BCUT2D eigenvalue weighted by Crippen LogP contribution is -2.42. The molecule has 3 rings (SSSR count). The van der Waals surface area contributed by atoms with E-state index in [1.165, 1.54) is 4.90 Å². The largest absolute Gasteiger partial charge is 0.375 e. The molecule has 0 fully saturated rings. The molecule has 134 valence electrons. The van der Waals surface area contributed by atoms with E-state index in [1.54, 1.807) is 30.3 Å². The first kappa shape index (κ1) is 18.1. The normalized spacial score (nSPS) is 18.7. The lowest BCUT2D eigenvalue weighted by molar-refractivity contribution is -0.135. The molecule has 1 aliphatic rings. The summed E-state index contributed by atoms with van der Waals surface area (Å²) >= 11 is 0. The average molecular weight is 349 g/mol. The van der Waals surface area contributed by atoms with Gasteiger partial charge in [0.15, 0.2) is 11.4 Å². The molecule has 1 amide bonds. The standard InChI is InChI=1S/C22H23NO3/c1-4-16-9-11-17(12-10-16)20(24)13-22(26)18-7-5-6-8-19(18)23(21(22)25)14-15(2)3/h5-12,26H,2,4,13-14H2,1,3H3/t22-/m1/s1. The summed E-state index contributed by atoms with van der Waals surface area (Å²) in [7, 11) is 0. The fraction of sp³-hybridized carbons (Fsp3) is 0.273. The van der Waals surface area contributed by atoms with Crippen LogP contribution in [0.5, 0.6) is 0 Å². The second-order valence-corrected chi connectivity index (χ2v) is 6.88. The van der Waals surface area contributed by atoms with Crippen molar-refractivity contribution in [3.63, 3.8) is 0 Å². The maximum Gasteiger partial charge on any atom is 0.264 e. The zero-order valence-corrected chi connectivity index (χ0v) is 15.2. The Hall–Kier alpha value is -2.72. The summed E-state index contributed by atoms with van der Waals surface area (Å²) in [6.45, 7) is 8.05. The van der Waals surface area contributed by atoms with Crippen LogP contribution in [0.3, 0.4) is 0 Å². The van der Waals surface area contributed by atoms with Gasteiger partial charge in [0.2, 0.25) is 0 Å². The van der Waals surface area contributed by atoms with Gasteiger partial charge in [-0.25, -0.2) is 0 Å². The van der Waals surface area contributed by atoms with Gasteiger partial charge in [-0.15, -0.1) is 0 Å². The fourth-order valence-corrected chi connectivity index (χ4v) is 3.37. The molecule has 0 saturated carbocycles. The summed E-state index contributed by atoms with van der Waals surface area (Å²) < 4.78 is 0. The number of amides is 1. The third kappa shape index (κ3) is 3.08. The SMILES string of the molecule is C=C(C)CN1C(=O)[C@@](O)(CC(=O)c2ccc(CC)cc2)c2ccccc21. The molecule has 2 aromatic carbocycles. The Balaban J connectivity index is 1.93. The number of anilines is 1. The lowest BCUT2D eigenvalue weighted by Gasteiger charge is -2.23. The molecule has 0 bridgehead atoms. The van der Waals surface area contributed by atoms with Gasteiger partial charge in [-0.1, -0.05) is 61.5 Å². The third-order valence-corrected chi connectivity index (χ3v) is 4.77. The van der Waals surface area contributed by atoms with Crippen molar-refractivity contribution in [1.29, 1.82) is 0 Å². The summed E-state index contributed by atoms with van der Waals surface area (Å²) in [6.07, 6.45) is 0.612. The number of rotatable bonds is 6. The van der Waals surface area contributed by atoms with Gasteiger partial charge in [0.1, 0.15) is 0 Å². The van der Waals surface area contributed by atoms with E-state index in [0.717, 1.165) is 17.6 Å². The maximum absolute atomic E-state index is 13.0. The Morgan fingerprint density at radius 1 is 1.15 bits per heavy atom. The molecule has 0 radical (unpaired) electrons.